The quantitative estimate of drug-likeness (QED) is 0.916. The van der Waals surface area contributed by atoms with Crippen molar-refractivity contribution in [2.75, 3.05) is 13.1 Å². The smallest absolute Gasteiger partial charge is 0.255 e. The number of carbonyl (C=O) groups excluding carboxylic acids is 2. The summed E-state index contributed by atoms with van der Waals surface area (Å²) in [6, 6.07) is 3.63. The maximum absolute atomic E-state index is 12.6. The number of pyridine rings is 1. The first kappa shape index (κ1) is 13.6. The van der Waals surface area contributed by atoms with E-state index in [1.807, 2.05) is 21.6 Å². The number of primary amides is 1. The van der Waals surface area contributed by atoms with Crippen LogP contribution in [0.3, 0.4) is 0 Å². The molecule has 1 fully saturated rings. The summed E-state index contributed by atoms with van der Waals surface area (Å²) in [5, 5.41) is 0. The van der Waals surface area contributed by atoms with E-state index in [1.165, 1.54) is 0 Å². The van der Waals surface area contributed by atoms with Gasteiger partial charge in [-0.15, -0.1) is 0 Å². The molecule has 0 bridgehead atoms. The molecule has 0 radical (unpaired) electrons. The minimum atomic E-state index is -0.297. The lowest BCUT2D eigenvalue weighted by Gasteiger charge is -2.32. The Morgan fingerprint density at radius 3 is 3.05 bits per heavy atom. The van der Waals surface area contributed by atoms with Gasteiger partial charge in [-0.1, -0.05) is 0 Å². The average molecular weight is 286 g/mol. The number of rotatable bonds is 3. The van der Waals surface area contributed by atoms with Crippen LogP contribution in [0.1, 0.15) is 29.6 Å². The van der Waals surface area contributed by atoms with Crippen LogP contribution in [0.2, 0.25) is 0 Å². The van der Waals surface area contributed by atoms with Crippen LogP contribution in [0, 0.1) is 5.92 Å². The third-order valence-corrected chi connectivity index (χ3v) is 3.93. The molecule has 1 unspecified atom stereocenters. The number of imidazole rings is 1. The van der Waals surface area contributed by atoms with Gasteiger partial charge in [-0.3, -0.25) is 9.59 Å². The Morgan fingerprint density at radius 2 is 2.24 bits per heavy atom. The Bertz CT molecular complexity index is 679. The summed E-state index contributed by atoms with van der Waals surface area (Å²) in [5.41, 5.74) is 6.71. The lowest BCUT2D eigenvalue weighted by molar-refractivity contribution is -0.119. The zero-order chi connectivity index (χ0) is 14.8. The molecule has 1 aliphatic heterocycles. The zero-order valence-electron chi connectivity index (χ0n) is 11.7. The van der Waals surface area contributed by atoms with Crippen LogP contribution in [0.4, 0.5) is 0 Å². The SMILES string of the molecule is NC(=O)CC1CCCN(C(=O)c2ccc3nccn3c2)C1. The van der Waals surface area contributed by atoms with E-state index in [1.54, 1.807) is 18.5 Å². The highest BCUT2D eigenvalue weighted by atomic mass is 16.2. The van der Waals surface area contributed by atoms with Crippen LogP contribution in [0.15, 0.2) is 30.7 Å². The number of hydrogen-bond acceptors (Lipinski definition) is 3. The molecule has 0 aliphatic carbocycles. The molecule has 2 N–H and O–H groups in total. The van der Waals surface area contributed by atoms with E-state index in [4.69, 9.17) is 5.73 Å². The van der Waals surface area contributed by atoms with E-state index in [0.29, 0.717) is 18.5 Å². The zero-order valence-corrected chi connectivity index (χ0v) is 11.7. The Labute approximate surface area is 122 Å². The first-order valence-electron chi connectivity index (χ1n) is 7.14. The maximum Gasteiger partial charge on any atom is 0.255 e. The third-order valence-electron chi connectivity index (χ3n) is 3.93. The van der Waals surface area contributed by atoms with Gasteiger partial charge in [0, 0.05) is 38.1 Å². The van der Waals surface area contributed by atoms with Crippen molar-refractivity contribution in [2.45, 2.75) is 19.3 Å². The lowest BCUT2D eigenvalue weighted by atomic mass is 9.94. The minimum absolute atomic E-state index is 0.000213. The van der Waals surface area contributed by atoms with Crippen molar-refractivity contribution >= 4 is 17.5 Å². The van der Waals surface area contributed by atoms with E-state index in [2.05, 4.69) is 4.98 Å². The lowest BCUT2D eigenvalue weighted by Crippen LogP contribution is -2.41. The van der Waals surface area contributed by atoms with Gasteiger partial charge < -0.3 is 15.0 Å². The number of piperidine rings is 1. The molecule has 1 saturated heterocycles. The molecule has 0 saturated carbocycles. The van der Waals surface area contributed by atoms with Crippen molar-refractivity contribution in [1.82, 2.24) is 14.3 Å². The van der Waals surface area contributed by atoms with Crippen LogP contribution in [0.25, 0.3) is 5.65 Å². The monoisotopic (exact) mass is 286 g/mol. The van der Waals surface area contributed by atoms with Crippen LogP contribution in [-0.2, 0) is 4.79 Å². The molecule has 1 aliphatic rings. The molecule has 2 aromatic rings. The summed E-state index contributed by atoms with van der Waals surface area (Å²) in [6.07, 6.45) is 7.53. The average Bonchev–Trinajstić information content (AvgIpc) is 2.93. The summed E-state index contributed by atoms with van der Waals surface area (Å²) < 4.78 is 1.83. The minimum Gasteiger partial charge on any atom is -0.370 e. The van der Waals surface area contributed by atoms with Crippen LogP contribution >= 0.6 is 0 Å². The van der Waals surface area contributed by atoms with Crippen molar-refractivity contribution in [3.63, 3.8) is 0 Å². The van der Waals surface area contributed by atoms with E-state index in [0.717, 1.165) is 25.0 Å². The number of fused-ring (bicyclic) bond motifs is 1. The summed E-state index contributed by atoms with van der Waals surface area (Å²) in [7, 11) is 0. The second-order valence-corrected chi connectivity index (χ2v) is 5.54. The summed E-state index contributed by atoms with van der Waals surface area (Å²) in [4.78, 5) is 29.6. The molecular weight excluding hydrogens is 268 g/mol. The molecule has 6 heteroatoms. The van der Waals surface area contributed by atoms with Gasteiger partial charge in [0.25, 0.3) is 5.91 Å². The molecule has 2 aromatic heterocycles. The molecule has 0 spiro atoms. The van der Waals surface area contributed by atoms with Gasteiger partial charge >= 0.3 is 0 Å². The fourth-order valence-electron chi connectivity index (χ4n) is 2.93. The van der Waals surface area contributed by atoms with Crippen molar-refractivity contribution in [2.24, 2.45) is 11.7 Å². The van der Waals surface area contributed by atoms with E-state index in [-0.39, 0.29) is 17.7 Å². The van der Waals surface area contributed by atoms with Crippen LogP contribution < -0.4 is 5.73 Å². The molecule has 2 amide bonds. The van der Waals surface area contributed by atoms with E-state index in [9.17, 15) is 9.59 Å². The molecule has 0 aromatic carbocycles. The molecule has 3 heterocycles. The number of hydrogen-bond donors (Lipinski definition) is 1. The molecular formula is C15H18N4O2. The highest BCUT2D eigenvalue weighted by molar-refractivity contribution is 5.94. The normalized spacial score (nSPS) is 18.9. The number of carbonyl (C=O) groups is 2. The van der Waals surface area contributed by atoms with E-state index >= 15 is 0 Å². The van der Waals surface area contributed by atoms with Gasteiger partial charge in [0.15, 0.2) is 0 Å². The van der Waals surface area contributed by atoms with Gasteiger partial charge in [0.05, 0.1) is 5.56 Å². The number of likely N-dealkylation sites (tertiary alicyclic amines) is 1. The number of aromatic nitrogens is 2. The van der Waals surface area contributed by atoms with Crippen molar-refractivity contribution in [1.29, 1.82) is 0 Å². The Morgan fingerprint density at radius 1 is 1.38 bits per heavy atom. The highest BCUT2D eigenvalue weighted by Gasteiger charge is 2.25. The Hall–Kier alpha value is -2.37. The van der Waals surface area contributed by atoms with E-state index < -0.39 is 0 Å². The largest absolute Gasteiger partial charge is 0.370 e. The maximum atomic E-state index is 12.6. The molecule has 110 valence electrons. The van der Waals surface area contributed by atoms with Gasteiger partial charge in [-0.2, -0.15) is 0 Å². The molecule has 3 rings (SSSR count). The topological polar surface area (TPSA) is 80.7 Å². The second-order valence-electron chi connectivity index (χ2n) is 5.54. The summed E-state index contributed by atoms with van der Waals surface area (Å²) in [5.74, 6) is -0.119. The molecule has 21 heavy (non-hydrogen) atoms. The highest BCUT2D eigenvalue weighted by Crippen LogP contribution is 2.21. The van der Waals surface area contributed by atoms with Crippen LogP contribution in [-0.4, -0.2) is 39.2 Å². The number of amides is 2. The first-order valence-corrected chi connectivity index (χ1v) is 7.14. The standard InChI is InChI=1S/C15H18N4O2/c16-13(20)8-11-2-1-6-19(9-11)15(21)12-3-4-14-17-5-7-18(14)10-12/h3-5,7,10-11H,1-2,6,8-9H2,(H2,16,20). The second kappa shape index (κ2) is 5.55. The van der Waals surface area contributed by atoms with Crippen molar-refractivity contribution < 1.29 is 9.59 Å². The number of nitrogens with zero attached hydrogens (tertiary/aromatic N) is 3. The Balaban J connectivity index is 1.75. The van der Waals surface area contributed by atoms with Gasteiger partial charge in [-0.25, -0.2) is 4.98 Å². The number of nitrogens with two attached hydrogens (primary N) is 1. The van der Waals surface area contributed by atoms with Gasteiger partial charge in [0.1, 0.15) is 5.65 Å². The summed E-state index contributed by atoms with van der Waals surface area (Å²) in [6.45, 7) is 1.33. The van der Waals surface area contributed by atoms with Gasteiger partial charge in [-0.05, 0) is 30.9 Å². The predicted molar refractivity (Wildman–Crippen MR) is 77.6 cm³/mol. The fourth-order valence-corrected chi connectivity index (χ4v) is 2.93. The first-order chi connectivity index (χ1) is 10.1. The van der Waals surface area contributed by atoms with Crippen LogP contribution in [0.5, 0.6) is 0 Å². The molecule has 6 nitrogen and oxygen atoms in total. The third kappa shape index (κ3) is 2.89. The molecule has 1 atom stereocenters. The van der Waals surface area contributed by atoms with Crippen molar-refractivity contribution in [3.05, 3.63) is 36.3 Å². The van der Waals surface area contributed by atoms with Gasteiger partial charge in [0.2, 0.25) is 5.91 Å². The van der Waals surface area contributed by atoms with Crippen molar-refractivity contribution in [3.8, 4) is 0 Å². The fraction of sp³-hybridized carbons (Fsp3) is 0.400. The summed E-state index contributed by atoms with van der Waals surface area (Å²) >= 11 is 0. The predicted octanol–water partition coefficient (Wildman–Crippen LogP) is 1.06. The Kier molecular flexibility index (Phi) is 3.60.